The van der Waals surface area contributed by atoms with Gasteiger partial charge in [0.1, 0.15) is 16.7 Å². The van der Waals surface area contributed by atoms with E-state index >= 15 is 0 Å². The zero-order chi connectivity index (χ0) is 17.4. The van der Waals surface area contributed by atoms with E-state index in [1.165, 1.54) is 6.20 Å². The smallest absolute Gasteiger partial charge is 0.404 e. The third-order valence-electron chi connectivity index (χ3n) is 3.83. The first-order valence-electron chi connectivity index (χ1n) is 6.86. The van der Waals surface area contributed by atoms with E-state index in [4.69, 9.17) is 10.5 Å². The lowest BCUT2D eigenvalue weighted by Crippen LogP contribution is -2.37. The molecular formula is C12H17N3O7S. The molecule has 1 aromatic rings. The van der Waals surface area contributed by atoms with E-state index in [1.807, 2.05) is 0 Å². The molecule has 128 valence electrons. The zero-order valence-electron chi connectivity index (χ0n) is 12.3. The molecule has 1 fully saturated rings. The highest BCUT2D eigenvalue weighted by atomic mass is 32.2. The highest BCUT2D eigenvalue weighted by Gasteiger charge is 2.50. The number of carbonyl (C=O) groups is 1. The molecule has 2 rings (SSSR count). The van der Waals surface area contributed by atoms with Gasteiger partial charge in [0, 0.05) is 18.2 Å². The summed E-state index contributed by atoms with van der Waals surface area (Å²) in [6.45, 7) is 0.896. The Bertz CT molecular complexity index is 826. The molecule has 0 unspecified atom stereocenters. The van der Waals surface area contributed by atoms with Gasteiger partial charge < -0.3 is 15.6 Å². The number of nitrogens with zero attached hydrogens (tertiary/aromatic N) is 1. The predicted octanol–water partition coefficient (Wildman–Crippen LogP) is -1.76. The number of aliphatic hydroxyl groups excluding tert-OH is 1. The molecular weight excluding hydrogens is 330 g/mol. The Morgan fingerprint density at radius 3 is 2.70 bits per heavy atom. The first kappa shape index (κ1) is 17.2. The van der Waals surface area contributed by atoms with Gasteiger partial charge in [0.15, 0.2) is 9.84 Å². The van der Waals surface area contributed by atoms with Gasteiger partial charge in [-0.1, -0.05) is 6.92 Å². The van der Waals surface area contributed by atoms with Gasteiger partial charge in [-0.15, -0.1) is 0 Å². The van der Waals surface area contributed by atoms with Crippen LogP contribution >= 0.6 is 0 Å². The van der Waals surface area contributed by atoms with E-state index in [2.05, 4.69) is 4.98 Å². The maximum atomic E-state index is 12.5. The molecule has 3 atom stereocenters. The number of nitrogens with one attached hydrogen (secondary N) is 1. The summed E-state index contributed by atoms with van der Waals surface area (Å²) in [5.74, 6) is 0. The Morgan fingerprint density at radius 2 is 2.17 bits per heavy atom. The fourth-order valence-electron chi connectivity index (χ4n) is 2.66. The second-order valence-corrected chi connectivity index (χ2v) is 7.48. The van der Waals surface area contributed by atoms with Crippen molar-refractivity contribution < 1.29 is 23.1 Å². The average molecular weight is 347 g/mol. The monoisotopic (exact) mass is 347 g/mol. The van der Waals surface area contributed by atoms with Gasteiger partial charge in [0.25, 0.3) is 5.56 Å². The van der Waals surface area contributed by atoms with Crippen LogP contribution in [-0.2, 0) is 21.0 Å². The van der Waals surface area contributed by atoms with Crippen molar-refractivity contribution in [2.24, 2.45) is 5.73 Å². The standard InChI is InChI=1S/C12H17N3O7S/c1-2-6-4-15(12(19)14-10(6)17)9-3-7(22-11(13)18)8(5-16)23(9,20)21/h4,7-9,16H,2-3,5H2,1H3,(H2,13,18)(H,14,17,19)/t7-,8+,9-/m0/s1. The van der Waals surface area contributed by atoms with E-state index in [0.717, 1.165) is 4.57 Å². The Morgan fingerprint density at radius 1 is 1.52 bits per heavy atom. The quantitative estimate of drug-likeness (QED) is 0.581. The number of sulfone groups is 1. The van der Waals surface area contributed by atoms with Gasteiger partial charge in [0.2, 0.25) is 0 Å². The summed E-state index contributed by atoms with van der Waals surface area (Å²) in [6.07, 6.45) is -1.12. The van der Waals surface area contributed by atoms with Crippen molar-refractivity contribution in [3.63, 3.8) is 0 Å². The van der Waals surface area contributed by atoms with Crippen LogP contribution in [0.4, 0.5) is 4.79 Å². The van der Waals surface area contributed by atoms with Gasteiger partial charge >= 0.3 is 11.8 Å². The number of nitrogens with two attached hydrogens (primary N) is 1. The largest absolute Gasteiger partial charge is 0.445 e. The summed E-state index contributed by atoms with van der Waals surface area (Å²) in [7, 11) is -4.03. The third-order valence-corrected chi connectivity index (χ3v) is 6.30. The number of carbonyl (C=O) groups excluding carboxylic acids is 1. The zero-order valence-corrected chi connectivity index (χ0v) is 13.1. The maximum Gasteiger partial charge on any atom is 0.404 e. The molecule has 10 nitrogen and oxygen atoms in total. The lowest BCUT2D eigenvalue weighted by molar-refractivity contribution is 0.0899. The lowest BCUT2D eigenvalue weighted by Gasteiger charge is -2.15. The van der Waals surface area contributed by atoms with Crippen molar-refractivity contribution in [1.82, 2.24) is 9.55 Å². The average Bonchev–Trinajstić information content (AvgIpc) is 2.68. The minimum Gasteiger partial charge on any atom is -0.445 e. The molecule has 0 spiro atoms. The molecule has 1 saturated heterocycles. The Balaban J connectivity index is 2.54. The summed E-state index contributed by atoms with van der Waals surface area (Å²) < 4.78 is 30.6. The van der Waals surface area contributed by atoms with Crippen molar-refractivity contribution >= 4 is 15.9 Å². The normalized spacial score (nSPS) is 26.1. The van der Waals surface area contributed by atoms with Crippen molar-refractivity contribution in [3.8, 4) is 0 Å². The van der Waals surface area contributed by atoms with E-state index in [1.54, 1.807) is 6.92 Å². The molecule has 1 aliphatic rings. The van der Waals surface area contributed by atoms with Crippen LogP contribution in [0.3, 0.4) is 0 Å². The fraction of sp³-hybridized carbons (Fsp3) is 0.583. The SMILES string of the molecule is CCc1cn([C@@H]2C[C@H](OC(N)=O)[C@@H](CO)S2(=O)=O)c(=O)[nH]c1=O. The second-order valence-electron chi connectivity index (χ2n) is 5.15. The van der Waals surface area contributed by atoms with Crippen LogP contribution < -0.4 is 17.0 Å². The van der Waals surface area contributed by atoms with Gasteiger partial charge in [-0.05, 0) is 6.42 Å². The van der Waals surface area contributed by atoms with Gasteiger partial charge in [-0.3, -0.25) is 14.3 Å². The third kappa shape index (κ3) is 3.01. The number of ether oxygens (including phenoxy) is 1. The Kier molecular flexibility index (Phi) is 4.61. The Hall–Kier alpha value is -2.14. The van der Waals surface area contributed by atoms with Crippen LogP contribution in [0.15, 0.2) is 15.8 Å². The molecule has 0 aliphatic carbocycles. The number of hydrogen-bond acceptors (Lipinski definition) is 7. The van der Waals surface area contributed by atoms with E-state index in [9.17, 15) is 27.9 Å². The number of hydrogen-bond donors (Lipinski definition) is 3. The molecule has 11 heteroatoms. The molecule has 2 heterocycles. The predicted molar refractivity (Wildman–Crippen MR) is 78.6 cm³/mol. The molecule has 23 heavy (non-hydrogen) atoms. The molecule has 4 N–H and O–H groups in total. The first-order valence-corrected chi connectivity index (χ1v) is 8.47. The number of rotatable bonds is 4. The van der Waals surface area contributed by atoms with Crippen molar-refractivity contribution in [2.45, 2.75) is 36.5 Å². The van der Waals surface area contributed by atoms with Crippen molar-refractivity contribution in [3.05, 3.63) is 32.6 Å². The summed E-state index contributed by atoms with van der Waals surface area (Å²) in [5.41, 5.74) is 3.66. The van der Waals surface area contributed by atoms with Gasteiger partial charge in [0.05, 0.1) is 6.61 Å². The number of aromatic amines is 1. The molecule has 0 aromatic carbocycles. The van der Waals surface area contributed by atoms with Gasteiger partial charge in [-0.2, -0.15) is 0 Å². The van der Waals surface area contributed by atoms with Crippen molar-refractivity contribution in [2.75, 3.05) is 6.61 Å². The highest BCUT2D eigenvalue weighted by Crippen LogP contribution is 2.36. The number of amides is 1. The van der Waals surface area contributed by atoms with Crippen LogP contribution in [-0.4, -0.2) is 47.1 Å². The van der Waals surface area contributed by atoms with E-state index < -0.39 is 50.5 Å². The fourth-order valence-corrected chi connectivity index (χ4v) is 4.79. The summed E-state index contributed by atoms with van der Waals surface area (Å²) in [5, 5.41) is 6.56. The molecule has 0 saturated carbocycles. The minimum atomic E-state index is -4.03. The van der Waals surface area contributed by atoms with Crippen LogP contribution in [0.25, 0.3) is 0 Å². The topological polar surface area (TPSA) is 162 Å². The van der Waals surface area contributed by atoms with Gasteiger partial charge in [-0.25, -0.2) is 18.0 Å². The number of aliphatic hydroxyl groups is 1. The van der Waals surface area contributed by atoms with Crippen LogP contribution in [0, 0.1) is 0 Å². The number of primary amides is 1. The van der Waals surface area contributed by atoms with E-state index in [0.29, 0.717) is 6.42 Å². The number of aromatic nitrogens is 2. The maximum absolute atomic E-state index is 12.5. The van der Waals surface area contributed by atoms with Crippen molar-refractivity contribution in [1.29, 1.82) is 0 Å². The summed E-state index contributed by atoms with van der Waals surface area (Å²) >= 11 is 0. The minimum absolute atomic E-state index is 0.236. The van der Waals surface area contributed by atoms with Crippen LogP contribution in [0.5, 0.6) is 0 Å². The molecule has 1 amide bonds. The second kappa shape index (κ2) is 6.16. The van der Waals surface area contributed by atoms with Crippen LogP contribution in [0.1, 0.15) is 24.3 Å². The van der Waals surface area contributed by atoms with Crippen LogP contribution in [0.2, 0.25) is 0 Å². The number of H-pyrrole nitrogens is 1. The molecule has 1 aliphatic heterocycles. The first-order chi connectivity index (χ1) is 10.7. The summed E-state index contributed by atoms with van der Waals surface area (Å²) in [6, 6.07) is 0. The lowest BCUT2D eigenvalue weighted by atomic mass is 10.2. The molecule has 1 aromatic heterocycles. The number of aryl methyl sites for hydroxylation is 1. The Labute approximate surface area is 130 Å². The molecule has 0 radical (unpaired) electrons. The molecule has 0 bridgehead atoms. The highest BCUT2D eigenvalue weighted by molar-refractivity contribution is 7.92. The summed E-state index contributed by atoms with van der Waals surface area (Å²) in [4.78, 5) is 36.5. The van der Waals surface area contributed by atoms with E-state index in [-0.39, 0.29) is 12.0 Å².